The van der Waals surface area contributed by atoms with Crippen LogP contribution >= 0.6 is 0 Å². The van der Waals surface area contributed by atoms with Crippen LogP contribution in [0.2, 0.25) is 0 Å². The van der Waals surface area contributed by atoms with E-state index in [1.807, 2.05) is 13.8 Å². The number of carbonyl (C=O) groups is 1. The van der Waals surface area contributed by atoms with Crippen LogP contribution in [0.4, 0.5) is 0 Å². The molecule has 15 heavy (non-hydrogen) atoms. The Kier molecular flexibility index (Phi) is 4.12. The lowest BCUT2D eigenvalue weighted by molar-refractivity contribution is -0.128. The Morgan fingerprint density at radius 3 is 2.47 bits per heavy atom. The predicted molar refractivity (Wildman–Crippen MR) is 55.8 cm³/mol. The molecule has 0 aliphatic rings. The lowest BCUT2D eigenvalue weighted by Gasteiger charge is -2.09. The second-order valence-corrected chi connectivity index (χ2v) is 3.52. The lowest BCUT2D eigenvalue weighted by Crippen LogP contribution is -2.20. The molecule has 1 rings (SSSR count). The summed E-state index contributed by atoms with van der Waals surface area (Å²) in [5.74, 6) is 0.352. The van der Waals surface area contributed by atoms with E-state index in [4.69, 9.17) is 9.94 Å². The van der Waals surface area contributed by atoms with E-state index in [1.165, 1.54) is 0 Å². The number of nitrogens with one attached hydrogen (secondary N) is 1. The van der Waals surface area contributed by atoms with E-state index in [2.05, 4.69) is 0 Å². The van der Waals surface area contributed by atoms with Crippen LogP contribution in [0.3, 0.4) is 0 Å². The van der Waals surface area contributed by atoms with Gasteiger partial charge in [0.25, 0.3) is 0 Å². The Morgan fingerprint density at radius 2 is 2.00 bits per heavy atom. The maximum Gasteiger partial charge on any atom is 0.247 e. The maximum atomic E-state index is 10.9. The summed E-state index contributed by atoms with van der Waals surface area (Å²) >= 11 is 0. The fourth-order valence-electron chi connectivity index (χ4n) is 1.18. The highest BCUT2D eigenvalue weighted by Gasteiger charge is 2.02. The number of hydroxylamine groups is 1. The zero-order chi connectivity index (χ0) is 11.3. The molecule has 0 aliphatic carbocycles. The smallest absolute Gasteiger partial charge is 0.247 e. The molecule has 0 bridgehead atoms. The van der Waals surface area contributed by atoms with Crippen molar-refractivity contribution in [2.24, 2.45) is 0 Å². The highest BCUT2D eigenvalue weighted by Crippen LogP contribution is 2.13. The minimum absolute atomic E-state index is 0.136. The molecule has 2 N–H and O–H groups in total. The predicted octanol–water partition coefficient (Wildman–Crippen LogP) is 1.52. The summed E-state index contributed by atoms with van der Waals surface area (Å²) in [6.07, 6.45) is 0.301. The van der Waals surface area contributed by atoms with Crippen LogP contribution in [0.5, 0.6) is 5.75 Å². The Bertz CT molecular complexity index is 319. The van der Waals surface area contributed by atoms with E-state index >= 15 is 0 Å². The van der Waals surface area contributed by atoms with Crippen molar-refractivity contribution in [3.63, 3.8) is 0 Å². The number of benzene rings is 1. The molecule has 1 aromatic carbocycles. The Hall–Kier alpha value is -1.55. The number of carbonyl (C=O) groups excluding carboxylic acids is 1. The first-order valence-corrected chi connectivity index (χ1v) is 4.80. The van der Waals surface area contributed by atoms with Crippen molar-refractivity contribution in [3.8, 4) is 5.75 Å². The van der Waals surface area contributed by atoms with Gasteiger partial charge in [-0.05, 0) is 31.5 Å². The molecular formula is C11H15NO3. The normalized spacial score (nSPS) is 10.1. The molecule has 0 fully saturated rings. The minimum atomic E-state index is -0.424. The molecule has 0 radical (unpaired) electrons. The largest absolute Gasteiger partial charge is 0.491 e. The highest BCUT2D eigenvalue weighted by atomic mass is 16.5. The maximum absolute atomic E-state index is 10.9. The van der Waals surface area contributed by atoms with Crippen molar-refractivity contribution in [1.82, 2.24) is 5.48 Å². The lowest BCUT2D eigenvalue weighted by atomic mass is 10.1. The molecule has 0 spiro atoms. The van der Waals surface area contributed by atoms with Gasteiger partial charge in [-0.3, -0.25) is 10.0 Å². The van der Waals surface area contributed by atoms with Crippen LogP contribution < -0.4 is 10.2 Å². The van der Waals surface area contributed by atoms with Crippen molar-refractivity contribution < 1.29 is 14.7 Å². The van der Waals surface area contributed by atoms with Crippen LogP contribution in [-0.2, 0) is 11.2 Å². The van der Waals surface area contributed by atoms with E-state index in [0.717, 1.165) is 11.3 Å². The Labute approximate surface area is 88.8 Å². The van der Waals surface area contributed by atoms with Gasteiger partial charge in [0, 0.05) is 0 Å². The number of amides is 1. The van der Waals surface area contributed by atoms with Gasteiger partial charge in [0.1, 0.15) is 5.75 Å². The molecule has 0 saturated heterocycles. The van der Waals surface area contributed by atoms with Gasteiger partial charge in [0.15, 0.2) is 0 Å². The average molecular weight is 209 g/mol. The van der Waals surface area contributed by atoms with E-state index in [1.54, 1.807) is 29.7 Å². The summed E-state index contributed by atoms with van der Waals surface area (Å²) in [5, 5.41) is 8.35. The molecule has 1 aromatic rings. The highest BCUT2D eigenvalue weighted by molar-refractivity contribution is 5.77. The van der Waals surface area contributed by atoms with Gasteiger partial charge in [-0.1, -0.05) is 12.1 Å². The molecule has 4 nitrogen and oxygen atoms in total. The minimum Gasteiger partial charge on any atom is -0.491 e. The Balaban J connectivity index is 2.60. The third kappa shape index (κ3) is 3.99. The fraction of sp³-hybridized carbons (Fsp3) is 0.364. The second-order valence-electron chi connectivity index (χ2n) is 3.52. The van der Waals surface area contributed by atoms with E-state index in [9.17, 15) is 4.79 Å². The summed E-state index contributed by atoms with van der Waals surface area (Å²) in [7, 11) is 0. The van der Waals surface area contributed by atoms with Crippen molar-refractivity contribution in [1.29, 1.82) is 0 Å². The van der Waals surface area contributed by atoms with Crippen molar-refractivity contribution in [2.75, 3.05) is 0 Å². The van der Waals surface area contributed by atoms with Crippen molar-refractivity contribution >= 4 is 5.91 Å². The first-order valence-electron chi connectivity index (χ1n) is 4.80. The van der Waals surface area contributed by atoms with Crippen LogP contribution in [0.1, 0.15) is 19.4 Å². The average Bonchev–Trinajstić information content (AvgIpc) is 2.20. The van der Waals surface area contributed by atoms with Crippen LogP contribution in [0.25, 0.3) is 0 Å². The first-order chi connectivity index (χ1) is 7.11. The zero-order valence-corrected chi connectivity index (χ0v) is 8.86. The molecule has 0 atom stereocenters. The fourth-order valence-corrected chi connectivity index (χ4v) is 1.18. The molecule has 0 heterocycles. The molecule has 1 amide bonds. The van der Waals surface area contributed by atoms with Gasteiger partial charge in [-0.2, -0.15) is 0 Å². The quantitative estimate of drug-likeness (QED) is 0.584. The summed E-state index contributed by atoms with van der Waals surface area (Å²) in [4.78, 5) is 10.9. The van der Waals surface area contributed by atoms with Crippen molar-refractivity contribution in [3.05, 3.63) is 29.8 Å². The SMILES string of the molecule is CC(C)Oc1ccc(CC(=O)NO)cc1. The zero-order valence-electron chi connectivity index (χ0n) is 8.86. The van der Waals surface area contributed by atoms with E-state index < -0.39 is 5.91 Å². The van der Waals surface area contributed by atoms with Gasteiger partial charge >= 0.3 is 0 Å². The second kappa shape index (κ2) is 5.36. The number of ether oxygens (including phenoxy) is 1. The van der Waals surface area contributed by atoms with Gasteiger partial charge in [-0.15, -0.1) is 0 Å². The van der Waals surface area contributed by atoms with Crippen LogP contribution in [0, 0.1) is 0 Å². The molecule has 0 unspecified atom stereocenters. The molecule has 0 saturated carbocycles. The topological polar surface area (TPSA) is 58.6 Å². The molecule has 4 heteroatoms. The summed E-state index contributed by atoms with van der Waals surface area (Å²) in [5.41, 5.74) is 2.42. The summed E-state index contributed by atoms with van der Waals surface area (Å²) < 4.78 is 5.45. The van der Waals surface area contributed by atoms with Gasteiger partial charge in [0.05, 0.1) is 12.5 Å². The van der Waals surface area contributed by atoms with Crippen LogP contribution in [0.15, 0.2) is 24.3 Å². The first kappa shape index (κ1) is 11.5. The third-order valence-corrected chi connectivity index (χ3v) is 1.78. The van der Waals surface area contributed by atoms with Gasteiger partial charge < -0.3 is 4.74 Å². The molecule has 82 valence electrons. The number of hydrogen-bond donors (Lipinski definition) is 2. The monoisotopic (exact) mass is 209 g/mol. The van der Waals surface area contributed by atoms with Crippen molar-refractivity contribution in [2.45, 2.75) is 26.4 Å². The number of rotatable bonds is 4. The molecule has 0 aliphatic heterocycles. The van der Waals surface area contributed by atoms with Gasteiger partial charge in [0.2, 0.25) is 5.91 Å². The summed E-state index contributed by atoms with van der Waals surface area (Å²) in [6.45, 7) is 3.90. The Morgan fingerprint density at radius 1 is 1.40 bits per heavy atom. The molecular weight excluding hydrogens is 194 g/mol. The molecule has 0 aromatic heterocycles. The standard InChI is InChI=1S/C11H15NO3/c1-8(2)15-10-5-3-9(4-6-10)7-11(13)12-14/h3-6,8,14H,7H2,1-2H3,(H,12,13). The van der Waals surface area contributed by atoms with E-state index in [0.29, 0.717) is 0 Å². The van der Waals surface area contributed by atoms with Gasteiger partial charge in [-0.25, -0.2) is 5.48 Å². The third-order valence-electron chi connectivity index (χ3n) is 1.78. The number of hydrogen-bond acceptors (Lipinski definition) is 3. The van der Waals surface area contributed by atoms with Crippen LogP contribution in [-0.4, -0.2) is 17.2 Å². The van der Waals surface area contributed by atoms with E-state index in [-0.39, 0.29) is 12.5 Å². The summed E-state index contributed by atoms with van der Waals surface area (Å²) in [6, 6.07) is 7.21.